The summed E-state index contributed by atoms with van der Waals surface area (Å²) < 4.78 is 6.87. The van der Waals surface area contributed by atoms with Gasteiger partial charge in [0.2, 0.25) is 0 Å². The number of aryl methyl sites for hydroxylation is 1. The Bertz CT molecular complexity index is 755. The monoisotopic (exact) mass is 327 g/mol. The van der Waals surface area contributed by atoms with Crippen LogP contribution in [-0.2, 0) is 6.61 Å². The van der Waals surface area contributed by atoms with E-state index in [1.165, 1.54) is 5.39 Å². The summed E-state index contributed by atoms with van der Waals surface area (Å²) in [6.45, 7) is 2.45. The Kier molecular flexibility index (Phi) is 3.70. The van der Waals surface area contributed by atoms with Crippen LogP contribution < -0.4 is 4.74 Å². The number of nitrogens with zero attached hydrogens (tertiary/aromatic N) is 1. The Morgan fingerprint density at radius 3 is 2.70 bits per heavy atom. The van der Waals surface area contributed by atoms with Gasteiger partial charge in [0.15, 0.2) is 0 Å². The molecule has 0 bridgehead atoms. The molecule has 0 saturated heterocycles. The van der Waals surface area contributed by atoms with Crippen molar-refractivity contribution in [2.75, 3.05) is 0 Å². The van der Waals surface area contributed by atoms with E-state index in [2.05, 4.69) is 39.1 Å². The zero-order valence-electron chi connectivity index (χ0n) is 11.1. The minimum Gasteiger partial charge on any atom is -0.486 e. The standard InChI is InChI=1S/C17H14BrNO/c1-12-5-4-7-14(19-12)11-20-16-10-9-13-6-2-3-8-15(13)17(16)18/h2-10H,11H2,1H3. The minimum atomic E-state index is 0.471. The normalized spacial score (nSPS) is 10.7. The molecule has 0 aliphatic rings. The first-order valence-electron chi connectivity index (χ1n) is 6.46. The molecular formula is C17H14BrNO. The van der Waals surface area contributed by atoms with Crippen molar-refractivity contribution in [1.82, 2.24) is 4.98 Å². The number of pyridine rings is 1. The van der Waals surface area contributed by atoms with Gasteiger partial charge in [-0.05, 0) is 51.8 Å². The lowest BCUT2D eigenvalue weighted by molar-refractivity contribution is 0.299. The van der Waals surface area contributed by atoms with E-state index in [1.54, 1.807) is 0 Å². The summed E-state index contributed by atoms with van der Waals surface area (Å²) in [7, 11) is 0. The fourth-order valence-electron chi connectivity index (χ4n) is 2.16. The third-order valence-electron chi connectivity index (χ3n) is 3.15. The highest BCUT2D eigenvalue weighted by Crippen LogP contribution is 2.33. The molecule has 0 aliphatic heterocycles. The molecule has 2 nitrogen and oxygen atoms in total. The van der Waals surface area contributed by atoms with Gasteiger partial charge in [0.1, 0.15) is 12.4 Å². The van der Waals surface area contributed by atoms with Crippen molar-refractivity contribution in [3.05, 3.63) is 70.5 Å². The molecule has 0 spiro atoms. The second kappa shape index (κ2) is 5.63. The van der Waals surface area contributed by atoms with Crippen LogP contribution in [-0.4, -0.2) is 4.98 Å². The second-order valence-corrected chi connectivity index (χ2v) is 5.45. The molecule has 3 aromatic rings. The van der Waals surface area contributed by atoms with E-state index in [4.69, 9.17) is 4.74 Å². The molecule has 0 amide bonds. The number of benzene rings is 2. The van der Waals surface area contributed by atoms with Crippen molar-refractivity contribution in [1.29, 1.82) is 0 Å². The van der Waals surface area contributed by atoms with Crippen molar-refractivity contribution >= 4 is 26.7 Å². The molecule has 1 heterocycles. The van der Waals surface area contributed by atoms with Crippen molar-refractivity contribution in [2.24, 2.45) is 0 Å². The first-order chi connectivity index (χ1) is 9.74. The van der Waals surface area contributed by atoms with Crippen molar-refractivity contribution in [3.8, 4) is 5.75 Å². The van der Waals surface area contributed by atoms with Gasteiger partial charge in [-0.25, -0.2) is 0 Å². The van der Waals surface area contributed by atoms with Gasteiger partial charge in [-0.1, -0.05) is 36.4 Å². The fraction of sp³-hybridized carbons (Fsp3) is 0.118. The van der Waals surface area contributed by atoms with Crippen LogP contribution in [0.4, 0.5) is 0 Å². The molecule has 1 aromatic heterocycles. The van der Waals surface area contributed by atoms with Crippen molar-refractivity contribution < 1.29 is 4.74 Å². The van der Waals surface area contributed by atoms with Crippen LogP contribution in [0.15, 0.2) is 59.1 Å². The molecule has 100 valence electrons. The predicted octanol–water partition coefficient (Wildman–Crippen LogP) is 4.88. The average molecular weight is 328 g/mol. The first-order valence-corrected chi connectivity index (χ1v) is 7.26. The van der Waals surface area contributed by atoms with Gasteiger partial charge in [0, 0.05) is 5.69 Å². The highest BCUT2D eigenvalue weighted by Gasteiger charge is 2.06. The zero-order valence-corrected chi connectivity index (χ0v) is 12.7. The number of hydrogen-bond acceptors (Lipinski definition) is 2. The van der Waals surface area contributed by atoms with Crippen molar-refractivity contribution in [3.63, 3.8) is 0 Å². The van der Waals surface area contributed by atoms with E-state index in [9.17, 15) is 0 Å². The third-order valence-corrected chi connectivity index (χ3v) is 3.97. The lowest BCUT2D eigenvalue weighted by atomic mass is 10.1. The van der Waals surface area contributed by atoms with Crippen LogP contribution in [0.5, 0.6) is 5.75 Å². The summed E-state index contributed by atoms with van der Waals surface area (Å²) in [4.78, 5) is 4.44. The number of hydrogen-bond donors (Lipinski definition) is 0. The Balaban J connectivity index is 1.86. The molecule has 2 aromatic carbocycles. The number of fused-ring (bicyclic) bond motifs is 1. The number of aromatic nitrogens is 1. The van der Waals surface area contributed by atoms with Gasteiger partial charge in [-0.15, -0.1) is 0 Å². The van der Waals surface area contributed by atoms with Crippen LogP contribution in [0, 0.1) is 6.92 Å². The second-order valence-electron chi connectivity index (χ2n) is 4.66. The van der Waals surface area contributed by atoms with Crippen LogP contribution >= 0.6 is 15.9 Å². The smallest absolute Gasteiger partial charge is 0.134 e. The Morgan fingerprint density at radius 1 is 1.00 bits per heavy atom. The van der Waals surface area contributed by atoms with Crippen LogP contribution in [0.2, 0.25) is 0 Å². The van der Waals surface area contributed by atoms with Crippen LogP contribution in [0.3, 0.4) is 0 Å². The molecule has 0 saturated carbocycles. The van der Waals surface area contributed by atoms with E-state index in [0.717, 1.165) is 27.0 Å². The van der Waals surface area contributed by atoms with Gasteiger partial charge in [-0.3, -0.25) is 4.98 Å². The first kappa shape index (κ1) is 13.1. The summed E-state index contributed by atoms with van der Waals surface area (Å²) >= 11 is 3.62. The molecule has 0 aliphatic carbocycles. The van der Waals surface area contributed by atoms with E-state index in [1.807, 2.05) is 43.3 Å². The van der Waals surface area contributed by atoms with E-state index >= 15 is 0 Å². The van der Waals surface area contributed by atoms with E-state index in [-0.39, 0.29) is 0 Å². The lowest BCUT2D eigenvalue weighted by Gasteiger charge is -2.10. The van der Waals surface area contributed by atoms with E-state index < -0.39 is 0 Å². The number of ether oxygens (including phenoxy) is 1. The highest BCUT2D eigenvalue weighted by atomic mass is 79.9. The molecule has 3 heteroatoms. The average Bonchev–Trinajstić information content (AvgIpc) is 2.47. The topological polar surface area (TPSA) is 22.1 Å². The molecule has 0 atom stereocenters. The molecule has 0 unspecified atom stereocenters. The maximum atomic E-state index is 5.88. The summed E-state index contributed by atoms with van der Waals surface area (Å²) in [6.07, 6.45) is 0. The summed E-state index contributed by atoms with van der Waals surface area (Å²) in [6, 6.07) is 18.2. The van der Waals surface area contributed by atoms with Gasteiger partial charge in [0.05, 0.1) is 10.2 Å². The maximum absolute atomic E-state index is 5.88. The molecular weight excluding hydrogens is 314 g/mol. The van der Waals surface area contributed by atoms with Gasteiger partial charge >= 0.3 is 0 Å². The quantitative estimate of drug-likeness (QED) is 0.683. The van der Waals surface area contributed by atoms with E-state index in [0.29, 0.717) is 6.61 Å². The fourth-order valence-corrected chi connectivity index (χ4v) is 2.76. The minimum absolute atomic E-state index is 0.471. The van der Waals surface area contributed by atoms with Crippen molar-refractivity contribution in [2.45, 2.75) is 13.5 Å². The zero-order chi connectivity index (χ0) is 13.9. The SMILES string of the molecule is Cc1cccc(COc2ccc3ccccc3c2Br)n1. The largest absolute Gasteiger partial charge is 0.486 e. The lowest BCUT2D eigenvalue weighted by Crippen LogP contribution is -1.99. The molecule has 20 heavy (non-hydrogen) atoms. The molecule has 0 N–H and O–H groups in total. The molecule has 3 rings (SSSR count). The number of rotatable bonds is 3. The molecule has 0 fully saturated rings. The molecule has 0 radical (unpaired) electrons. The summed E-state index contributed by atoms with van der Waals surface area (Å²) in [5, 5.41) is 2.35. The van der Waals surface area contributed by atoms with Crippen LogP contribution in [0.1, 0.15) is 11.4 Å². The Hall–Kier alpha value is -1.87. The van der Waals surface area contributed by atoms with Gasteiger partial charge < -0.3 is 4.74 Å². The van der Waals surface area contributed by atoms with Gasteiger partial charge in [0.25, 0.3) is 0 Å². The third kappa shape index (κ3) is 2.68. The number of halogens is 1. The predicted molar refractivity (Wildman–Crippen MR) is 85.0 cm³/mol. The summed E-state index contributed by atoms with van der Waals surface area (Å²) in [5.41, 5.74) is 1.94. The van der Waals surface area contributed by atoms with Gasteiger partial charge in [-0.2, -0.15) is 0 Å². The maximum Gasteiger partial charge on any atom is 0.134 e. The summed E-state index contributed by atoms with van der Waals surface area (Å²) in [5.74, 6) is 0.840. The van der Waals surface area contributed by atoms with Crippen LogP contribution in [0.25, 0.3) is 10.8 Å². The highest BCUT2D eigenvalue weighted by molar-refractivity contribution is 9.10. The Morgan fingerprint density at radius 2 is 1.85 bits per heavy atom. The Labute approximate surface area is 126 Å².